The summed E-state index contributed by atoms with van der Waals surface area (Å²) >= 11 is 0. The molecule has 2 atom stereocenters. The van der Waals surface area contributed by atoms with E-state index in [1.807, 2.05) is 0 Å². The molecule has 0 aliphatic carbocycles. The summed E-state index contributed by atoms with van der Waals surface area (Å²) in [6.45, 7) is 6.14. The lowest BCUT2D eigenvalue weighted by molar-refractivity contribution is -0.137. The van der Waals surface area contributed by atoms with E-state index < -0.39 is 29.5 Å². The number of halogens is 3. The maximum atomic E-state index is 12.7. The maximum Gasteiger partial charge on any atom is 0.416 e. The summed E-state index contributed by atoms with van der Waals surface area (Å²) in [6.07, 6.45) is -4.83. The normalized spacial score (nSPS) is 18.4. The fourth-order valence-electron chi connectivity index (χ4n) is 2.88. The van der Waals surface area contributed by atoms with Crippen molar-refractivity contribution in [1.29, 1.82) is 0 Å². The third kappa shape index (κ3) is 6.23. The van der Waals surface area contributed by atoms with E-state index in [0.717, 1.165) is 12.1 Å². The van der Waals surface area contributed by atoms with Crippen LogP contribution in [0.4, 0.5) is 18.0 Å². The predicted molar refractivity (Wildman–Crippen MR) is 95.8 cm³/mol. The lowest BCUT2D eigenvalue weighted by Gasteiger charge is -2.26. The molecular formula is C18H23F3N4O3. The molecule has 154 valence electrons. The number of ether oxygens (including phenoxy) is 2. The van der Waals surface area contributed by atoms with Crippen LogP contribution in [0.25, 0.3) is 10.4 Å². The highest BCUT2D eigenvalue weighted by Crippen LogP contribution is 2.31. The Morgan fingerprint density at radius 1 is 1.32 bits per heavy atom. The zero-order chi connectivity index (χ0) is 20.9. The molecule has 0 unspecified atom stereocenters. The van der Waals surface area contributed by atoms with Gasteiger partial charge in [0.1, 0.15) is 17.5 Å². The fraction of sp³-hybridized carbons (Fsp3) is 0.611. The van der Waals surface area contributed by atoms with E-state index >= 15 is 0 Å². The Morgan fingerprint density at radius 2 is 1.96 bits per heavy atom. The monoisotopic (exact) mass is 400 g/mol. The largest absolute Gasteiger partial charge is 0.490 e. The number of hydrogen-bond acceptors (Lipinski definition) is 4. The number of carbonyl (C=O) groups excluding carboxylic acids is 1. The van der Waals surface area contributed by atoms with Crippen LogP contribution < -0.4 is 4.74 Å². The minimum absolute atomic E-state index is 0.00431. The number of carbonyl (C=O) groups is 1. The molecule has 1 amide bonds. The Bertz CT molecular complexity index is 725. The van der Waals surface area contributed by atoms with Gasteiger partial charge in [-0.1, -0.05) is 5.11 Å². The van der Waals surface area contributed by atoms with Crippen LogP contribution in [0, 0.1) is 5.92 Å². The second-order valence-electron chi connectivity index (χ2n) is 7.57. The van der Waals surface area contributed by atoms with Crippen molar-refractivity contribution in [2.75, 3.05) is 19.6 Å². The van der Waals surface area contributed by atoms with Gasteiger partial charge in [0.15, 0.2) is 0 Å². The molecule has 10 heteroatoms. The highest BCUT2D eigenvalue weighted by Gasteiger charge is 2.35. The van der Waals surface area contributed by atoms with Gasteiger partial charge in [0.2, 0.25) is 0 Å². The van der Waals surface area contributed by atoms with Gasteiger partial charge in [0.05, 0.1) is 12.1 Å². The Kier molecular flexibility index (Phi) is 6.66. The highest BCUT2D eigenvalue weighted by molar-refractivity contribution is 5.68. The summed E-state index contributed by atoms with van der Waals surface area (Å²) in [5, 5.41) is 3.54. The SMILES string of the molecule is CC(C)(C)OC(=O)N1CC[C@H]([C@@H](CN=[N+]=[N-])Oc2ccc(C(F)(F)F)cc2)C1. The Balaban J connectivity index is 2.05. The predicted octanol–water partition coefficient (Wildman–Crippen LogP) is 5.02. The summed E-state index contributed by atoms with van der Waals surface area (Å²) in [4.78, 5) is 16.5. The number of azide groups is 1. The first-order valence-corrected chi connectivity index (χ1v) is 8.82. The smallest absolute Gasteiger partial charge is 0.416 e. The number of alkyl halides is 3. The second kappa shape index (κ2) is 8.60. The number of benzene rings is 1. The van der Waals surface area contributed by atoms with Crippen LogP contribution in [0.1, 0.15) is 32.8 Å². The number of likely N-dealkylation sites (tertiary alicyclic amines) is 1. The minimum atomic E-state index is -4.43. The molecule has 0 spiro atoms. The Hall–Kier alpha value is -2.61. The zero-order valence-corrected chi connectivity index (χ0v) is 15.9. The first kappa shape index (κ1) is 21.7. The van der Waals surface area contributed by atoms with Crippen LogP contribution in [0.3, 0.4) is 0 Å². The highest BCUT2D eigenvalue weighted by atomic mass is 19.4. The van der Waals surface area contributed by atoms with Gasteiger partial charge in [-0.05, 0) is 57.0 Å². The van der Waals surface area contributed by atoms with Crippen LogP contribution in [0.5, 0.6) is 5.75 Å². The van der Waals surface area contributed by atoms with Crippen molar-refractivity contribution < 1.29 is 27.4 Å². The van der Waals surface area contributed by atoms with Gasteiger partial charge in [0.25, 0.3) is 0 Å². The van der Waals surface area contributed by atoms with E-state index in [1.165, 1.54) is 12.1 Å². The third-order valence-electron chi connectivity index (χ3n) is 4.20. The van der Waals surface area contributed by atoms with Gasteiger partial charge >= 0.3 is 12.3 Å². The molecule has 2 rings (SSSR count). The number of nitrogens with zero attached hydrogens (tertiary/aromatic N) is 4. The summed E-state index contributed by atoms with van der Waals surface area (Å²) in [7, 11) is 0. The standard InChI is InChI=1S/C18H23F3N4O3/c1-17(2,3)28-16(26)25-9-8-12(11-25)15(10-23-24-22)27-14-6-4-13(5-7-14)18(19,20)21/h4-7,12,15H,8-11H2,1-3H3/t12-,15+/m0/s1. The van der Waals surface area contributed by atoms with Crippen LogP contribution in [0.2, 0.25) is 0 Å². The van der Waals surface area contributed by atoms with E-state index in [0.29, 0.717) is 19.5 Å². The molecule has 0 saturated carbocycles. The molecule has 1 fully saturated rings. The molecule has 0 bridgehead atoms. The van der Waals surface area contributed by atoms with Gasteiger partial charge in [-0.25, -0.2) is 4.79 Å². The number of amides is 1. The first-order chi connectivity index (χ1) is 13.0. The van der Waals surface area contributed by atoms with E-state index in [2.05, 4.69) is 10.0 Å². The van der Waals surface area contributed by atoms with Crippen LogP contribution >= 0.6 is 0 Å². The van der Waals surface area contributed by atoms with Gasteiger partial charge in [-0.2, -0.15) is 13.2 Å². The summed E-state index contributed by atoms with van der Waals surface area (Å²) in [5.74, 6) is 0.0992. The summed E-state index contributed by atoms with van der Waals surface area (Å²) in [5.41, 5.74) is 7.22. The first-order valence-electron chi connectivity index (χ1n) is 8.82. The molecule has 1 saturated heterocycles. The van der Waals surface area contributed by atoms with E-state index in [-0.39, 0.29) is 18.2 Å². The van der Waals surface area contributed by atoms with Crippen molar-refractivity contribution in [2.45, 2.75) is 45.1 Å². The van der Waals surface area contributed by atoms with E-state index in [1.54, 1.807) is 25.7 Å². The molecular weight excluding hydrogens is 377 g/mol. The van der Waals surface area contributed by atoms with Crippen molar-refractivity contribution >= 4 is 6.09 Å². The van der Waals surface area contributed by atoms with Crippen LogP contribution in [-0.4, -0.2) is 42.3 Å². The molecule has 7 nitrogen and oxygen atoms in total. The second-order valence-corrected chi connectivity index (χ2v) is 7.57. The van der Waals surface area contributed by atoms with Crippen molar-refractivity contribution in [1.82, 2.24) is 4.90 Å². The lowest BCUT2D eigenvalue weighted by atomic mass is 10.0. The molecule has 0 aromatic heterocycles. The van der Waals surface area contributed by atoms with Gasteiger partial charge < -0.3 is 14.4 Å². The van der Waals surface area contributed by atoms with Crippen LogP contribution in [-0.2, 0) is 10.9 Å². The Morgan fingerprint density at radius 3 is 2.50 bits per heavy atom. The van der Waals surface area contributed by atoms with Gasteiger partial charge in [0, 0.05) is 23.9 Å². The van der Waals surface area contributed by atoms with Crippen molar-refractivity contribution in [3.8, 4) is 5.75 Å². The quantitative estimate of drug-likeness (QED) is 0.395. The zero-order valence-electron chi connectivity index (χ0n) is 15.9. The maximum absolute atomic E-state index is 12.7. The van der Waals surface area contributed by atoms with Crippen LogP contribution in [0.15, 0.2) is 29.4 Å². The third-order valence-corrected chi connectivity index (χ3v) is 4.20. The molecule has 0 radical (unpaired) electrons. The molecule has 1 aliphatic rings. The van der Waals surface area contributed by atoms with Crippen molar-refractivity contribution in [3.05, 3.63) is 40.3 Å². The topological polar surface area (TPSA) is 87.5 Å². The number of rotatable bonds is 5. The fourth-order valence-corrected chi connectivity index (χ4v) is 2.88. The van der Waals surface area contributed by atoms with E-state index in [9.17, 15) is 18.0 Å². The molecule has 1 aromatic carbocycles. The van der Waals surface area contributed by atoms with Gasteiger partial charge in [-0.3, -0.25) is 0 Å². The minimum Gasteiger partial charge on any atom is -0.490 e. The van der Waals surface area contributed by atoms with Crippen molar-refractivity contribution in [3.63, 3.8) is 0 Å². The lowest BCUT2D eigenvalue weighted by Crippen LogP contribution is -2.37. The van der Waals surface area contributed by atoms with Gasteiger partial charge in [-0.15, -0.1) is 0 Å². The average molecular weight is 400 g/mol. The van der Waals surface area contributed by atoms with Crippen molar-refractivity contribution in [2.24, 2.45) is 11.0 Å². The molecule has 1 aliphatic heterocycles. The molecule has 1 aromatic rings. The Labute approximate surface area is 161 Å². The van der Waals surface area contributed by atoms with E-state index in [4.69, 9.17) is 15.0 Å². The number of hydrogen-bond donors (Lipinski definition) is 0. The summed E-state index contributed by atoms with van der Waals surface area (Å²) < 4.78 is 49.2. The molecule has 28 heavy (non-hydrogen) atoms. The summed E-state index contributed by atoms with van der Waals surface area (Å²) in [6, 6.07) is 4.32. The molecule has 1 heterocycles. The average Bonchev–Trinajstić information content (AvgIpc) is 3.07. The molecule has 0 N–H and O–H groups in total.